The van der Waals surface area contributed by atoms with Crippen molar-refractivity contribution in [3.63, 3.8) is 0 Å². The lowest BCUT2D eigenvalue weighted by molar-refractivity contribution is -0.136. The summed E-state index contributed by atoms with van der Waals surface area (Å²) in [5.41, 5.74) is 1.35. The van der Waals surface area contributed by atoms with Gasteiger partial charge in [0.1, 0.15) is 0 Å². The first-order valence-corrected chi connectivity index (χ1v) is 7.88. The number of anilines is 1. The van der Waals surface area contributed by atoms with Gasteiger partial charge in [0.25, 0.3) is 0 Å². The van der Waals surface area contributed by atoms with Crippen molar-refractivity contribution in [2.24, 2.45) is 5.92 Å². The first kappa shape index (κ1) is 16.8. The van der Waals surface area contributed by atoms with E-state index in [4.69, 9.17) is 11.6 Å². The third-order valence-electron chi connectivity index (χ3n) is 4.05. The van der Waals surface area contributed by atoms with Crippen LogP contribution in [0.2, 0.25) is 5.02 Å². The predicted molar refractivity (Wildman–Crippen MR) is 85.8 cm³/mol. The molecule has 0 heterocycles. The number of carbonyl (C=O) groups is 2. The Hall–Kier alpha value is -1.59. The van der Waals surface area contributed by atoms with Crippen LogP contribution in [0, 0.1) is 12.8 Å². The highest BCUT2D eigenvalue weighted by atomic mass is 35.5. The summed E-state index contributed by atoms with van der Waals surface area (Å²) in [4.78, 5) is 23.8. The second kappa shape index (κ2) is 7.61. The Morgan fingerprint density at radius 2 is 2.00 bits per heavy atom. The van der Waals surface area contributed by atoms with Crippen LogP contribution in [0.3, 0.4) is 0 Å². The third kappa shape index (κ3) is 4.45. The van der Waals surface area contributed by atoms with E-state index in [1.54, 1.807) is 18.2 Å². The first-order chi connectivity index (χ1) is 10.5. The molecule has 1 aromatic carbocycles. The third-order valence-corrected chi connectivity index (χ3v) is 4.28. The molecule has 1 aromatic rings. The van der Waals surface area contributed by atoms with Crippen LogP contribution in [0.25, 0.3) is 0 Å². The van der Waals surface area contributed by atoms with E-state index in [9.17, 15) is 14.7 Å². The number of nitrogens with one attached hydrogen (secondary N) is 2. The number of rotatable bonds is 3. The standard InChI is InChI=1S/C16H21ClN2O3/c1-10-6-7-12(17)8-13(10)19-16(22)15(21)18-9-11-4-2-3-5-14(11)20/h6-8,11,14,20H,2-5,9H2,1H3,(H,18,21)(H,19,22). The van der Waals surface area contributed by atoms with Gasteiger partial charge in [0, 0.05) is 23.2 Å². The summed E-state index contributed by atoms with van der Waals surface area (Å²) in [6, 6.07) is 5.10. The van der Waals surface area contributed by atoms with Crippen LogP contribution in [-0.2, 0) is 9.59 Å². The van der Waals surface area contributed by atoms with Crippen molar-refractivity contribution in [2.45, 2.75) is 38.7 Å². The minimum Gasteiger partial charge on any atom is -0.393 e. The summed E-state index contributed by atoms with van der Waals surface area (Å²) in [5, 5.41) is 15.5. The van der Waals surface area contributed by atoms with E-state index in [1.165, 1.54) is 0 Å². The van der Waals surface area contributed by atoms with E-state index in [-0.39, 0.29) is 5.92 Å². The summed E-state index contributed by atoms with van der Waals surface area (Å²) in [6.45, 7) is 2.14. The number of aryl methyl sites for hydroxylation is 1. The van der Waals surface area contributed by atoms with Gasteiger partial charge in [-0.25, -0.2) is 0 Å². The summed E-state index contributed by atoms with van der Waals surface area (Å²) < 4.78 is 0. The number of carbonyl (C=O) groups excluding carboxylic acids is 2. The van der Waals surface area contributed by atoms with Gasteiger partial charge in [-0.3, -0.25) is 9.59 Å². The number of amides is 2. The Bertz CT molecular complexity index is 562. The van der Waals surface area contributed by atoms with Gasteiger partial charge in [-0.05, 0) is 37.5 Å². The average molecular weight is 325 g/mol. The molecule has 2 unspecified atom stereocenters. The minimum atomic E-state index is -0.726. The largest absolute Gasteiger partial charge is 0.393 e. The Kier molecular flexibility index (Phi) is 5.80. The van der Waals surface area contributed by atoms with Gasteiger partial charge >= 0.3 is 11.8 Å². The molecule has 1 aliphatic carbocycles. The second-order valence-electron chi connectivity index (χ2n) is 5.74. The molecule has 2 atom stereocenters. The molecule has 6 heteroatoms. The molecule has 2 amide bonds. The molecule has 2 rings (SSSR count). The van der Waals surface area contributed by atoms with Gasteiger partial charge in [0.2, 0.25) is 0 Å². The fourth-order valence-corrected chi connectivity index (χ4v) is 2.81. The maximum atomic E-state index is 11.9. The zero-order valence-electron chi connectivity index (χ0n) is 12.6. The van der Waals surface area contributed by atoms with E-state index >= 15 is 0 Å². The molecule has 5 nitrogen and oxygen atoms in total. The Labute approximate surface area is 135 Å². The quantitative estimate of drug-likeness (QED) is 0.746. The summed E-state index contributed by atoms with van der Waals surface area (Å²) in [7, 11) is 0. The van der Waals surface area contributed by atoms with Crippen molar-refractivity contribution in [3.05, 3.63) is 28.8 Å². The molecule has 120 valence electrons. The molecular weight excluding hydrogens is 304 g/mol. The minimum absolute atomic E-state index is 0.0263. The number of aliphatic hydroxyl groups excluding tert-OH is 1. The molecule has 22 heavy (non-hydrogen) atoms. The molecule has 0 spiro atoms. The Morgan fingerprint density at radius 1 is 1.27 bits per heavy atom. The lowest BCUT2D eigenvalue weighted by Gasteiger charge is -2.27. The molecule has 0 aliphatic heterocycles. The monoisotopic (exact) mass is 324 g/mol. The zero-order chi connectivity index (χ0) is 16.1. The van der Waals surface area contributed by atoms with Crippen LogP contribution in [0.1, 0.15) is 31.2 Å². The maximum Gasteiger partial charge on any atom is 0.313 e. The molecule has 0 bridgehead atoms. The average Bonchev–Trinajstić information content (AvgIpc) is 2.49. The lowest BCUT2D eigenvalue weighted by Crippen LogP contribution is -2.41. The number of hydrogen-bond donors (Lipinski definition) is 3. The second-order valence-corrected chi connectivity index (χ2v) is 6.17. The molecule has 0 radical (unpaired) electrons. The van der Waals surface area contributed by atoms with Crippen LogP contribution in [0.5, 0.6) is 0 Å². The van der Waals surface area contributed by atoms with Crippen molar-refractivity contribution in [1.82, 2.24) is 5.32 Å². The molecular formula is C16H21ClN2O3. The molecule has 1 saturated carbocycles. The maximum absolute atomic E-state index is 11.9. The van der Waals surface area contributed by atoms with Gasteiger partial charge in [-0.2, -0.15) is 0 Å². The van der Waals surface area contributed by atoms with E-state index < -0.39 is 17.9 Å². The summed E-state index contributed by atoms with van der Waals surface area (Å²) >= 11 is 5.88. The summed E-state index contributed by atoms with van der Waals surface area (Å²) in [5.74, 6) is -1.40. The van der Waals surface area contributed by atoms with E-state index in [0.717, 1.165) is 31.2 Å². The highest BCUT2D eigenvalue weighted by Gasteiger charge is 2.24. The molecule has 0 aromatic heterocycles. The first-order valence-electron chi connectivity index (χ1n) is 7.51. The van der Waals surface area contributed by atoms with Crippen molar-refractivity contribution < 1.29 is 14.7 Å². The van der Waals surface area contributed by atoms with Crippen LogP contribution in [-0.4, -0.2) is 29.6 Å². The Morgan fingerprint density at radius 3 is 2.73 bits per heavy atom. The van der Waals surface area contributed by atoms with Crippen LogP contribution < -0.4 is 10.6 Å². The molecule has 1 aliphatic rings. The van der Waals surface area contributed by atoms with Crippen molar-refractivity contribution >= 4 is 29.1 Å². The van der Waals surface area contributed by atoms with Crippen molar-refractivity contribution in [2.75, 3.05) is 11.9 Å². The fourth-order valence-electron chi connectivity index (χ4n) is 2.64. The zero-order valence-corrected chi connectivity index (χ0v) is 13.3. The van der Waals surface area contributed by atoms with Crippen LogP contribution in [0.4, 0.5) is 5.69 Å². The van der Waals surface area contributed by atoms with Gasteiger partial charge < -0.3 is 15.7 Å². The topological polar surface area (TPSA) is 78.4 Å². The summed E-state index contributed by atoms with van der Waals surface area (Å²) in [6.07, 6.45) is 3.29. The number of halogens is 1. The normalized spacial score (nSPS) is 21.2. The van der Waals surface area contributed by atoms with Gasteiger partial charge in [-0.15, -0.1) is 0 Å². The van der Waals surface area contributed by atoms with Crippen molar-refractivity contribution in [3.8, 4) is 0 Å². The molecule has 0 saturated heterocycles. The number of aliphatic hydroxyl groups is 1. The van der Waals surface area contributed by atoms with E-state index in [2.05, 4.69) is 10.6 Å². The highest BCUT2D eigenvalue weighted by Crippen LogP contribution is 2.23. The SMILES string of the molecule is Cc1ccc(Cl)cc1NC(=O)C(=O)NCC1CCCCC1O. The number of benzene rings is 1. The van der Waals surface area contributed by atoms with Crippen molar-refractivity contribution in [1.29, 1.82) is 0 Å². The van der Waals surface area contributed by atoms with Crippen LogP contribution >= 0.6 is 11.6 Å². The van der Waals surface area contributed by atoms with Gasteiger partial charge in [-0.1, -0.05) is 30.5 Å². The lowest BCUT2D eigenvalue weighted by atomic mass is 9.86. The predicted octanol–water partition coefficient (Wildman–Crippen LogP) is 2.25. The van der Waals surface area contributed by atoms with E-state index in [1.807, 2.05) is 6.92 Å². The number of hydrogen-bond acceptors (Lipinski definition) is 3. The van der Waals surface area contributed by atoms with Crippen LogP contribution in [0.15, 0.2) is 18.2 Å². The van der Waals surface area contributed by atoms with Gasteiger partial charge in [0.15, 0.2) is 0 Å². The smallest absolute Gasteiger partial charge is 0.313 e. The fraction of sp³-hybridized carbons (Fsp3) is 0.500. The van der Waals surface area contributed by atoms with Gasteiger partial charge in [0.05, 0.1) is 6.10 Å². The van der Waals surface area contributed by atoms with E-state index in [0.29, 0.717) is 17.3 Å². The Balaban J connectivity index is 1.86. The molecule has 1 fully saturated rings. The highest BCUT2D eigenvalue weighted by molar-refractivity contribution is 6.40. The molecule has 3 N–H and O–H groups in total.